The maximum absolute atomic E-state index is 13.0. The number of benzene rings is 2. The van der Waals surface area contributed by atoms with Gasteiger partial charge >= 0.3 is 5.97 Å². The molecule has 172 valence electrons. The molecule has 0 spiro atoms. The smallest absolute Gasteiger partial charge is 0.338 e. The second-order valence-electron chi connectivity index (χ2n) is 7.31. The van der Waals surface area contributed by atoms with Crippen LogP contribution in [0.5, 0.6) is 5.75 Å². The van der Waals surface area contributed by atoms with Crippen LogP contribution in [0, 0.1) is 13.8 Å². The number of rotatable bonds is 7. The summed E-state index contributed by atoms with van der Waals surface area (Å²) in [6, 6.07) is 9.44. The molecule has 1 aliphatic rings. The summed E-state index contributed by atoms with van der Waals surface area (Å²) in [6.45, 7) is 4.38. The average Bonchev–Trinajstić information content (AvgIpc) is 2.79. The lowest BCUT2D eigenvalue weighted by molar-refractivity contribution is -0.119. The number of esters is 1. The maximum atomic E-state index is 13.0. The van der Waals surface area contributed by atoms with Crippen molar-refractivity contribution in [2.75, 3.05) is 45.3 Å². The van der Waals surface area contributed by atoms with E-state index in [1.54, 1.807) is 18.2 Å². The fourth-order valence-electron chi connectivity index (χ4n) is 3.16. The number of hydrogen-bond acceptors (Lipinski definition) is 7. The third kappa shape index (κ3) is 5.45. The Morgan fingerprint density at radius 2 is 1.78 bits per heavy atom. The van der Waals surface area contributed by atoms with Crippen molar-refractivity contribution in [1.29, 1.82) is 0 Å². The molecule has 0 unspecified atom stereocenters. The zero-order valence-corrected chi connectivity index (χ0v) is 19.0. The second kappa shape index (κ2) is 10.1. The topological polar surface area (TPSA) is 111 Å². The molecule has 32 heavy (non-hydrogen) atoms. The van der Waals surface area contributed by atoms with Gasteiger partial charge in [0.1, 0.15) is 10.6 Å². The van der Waals surface area contributed by atoms with E-state index in [1.807, 2.05) is 13.8 Å². The van der Waals surface area contributed by atoms with Crippen molar-refractivity contribution < 1.29 is 32.2 Å². The van der Waals surface area contributed by atoms with E-state index in [4.69, 9.17) is 14.2 Å². The van der Waals surface area contributed by atoms with Gasteiger partial charge in [-0.2, -0.15) is 4.31 Å². The van der Waals surface area contributed by atoms with Crippen molar-refractivity contribution in [3.8, 4) is 5.75 Å². The van der Waals surface area contributed by atoms with Crippen LogP contribution in [0.25, 0.3) is 0 Å². The SMILES string of the molecule is COc1ccc(NC(=O)COC(=O)c2ccc(C)c(C)c2)cc1S(=O)(=O)N1CCOCC1. The van der Waals surface area contributed by atoms with Crippen LogP contribution in [0.4, 0.5) is 5.69 Å². The lowest BCUT2D eigenvalue weighted by atomic mass is 10.1. The molecule has 9 nitrogen and oxygen atoms in total. The first-order valence-corrected chi connectivity index (χ1v) is 11.5. The van der Waals surface area contributed by atoms with E-state index in [-0.39, 0.29) is 29.4 Å². The summed E-state index contributed by atoms with van der Waals surface area (Å²) in [5.41, 5.74) is 2.58. The summed E-state index contributed by atoms with van der Waals surface area (Å²) in [7, 11) is -2.47. The molecule has 1 N–H and O–H groups in total. The molecule has 1 heterocycles. The number of carbonyl (C=O) groups is 2. The molecule has 2 aromatic carbocycles. The van der Waals surface area contributed by atoms with Crippen molar-refractivity contribution in [3.63, 3.8) is 0 Å². The number of amides is 1. The van der Waals surface area contributed by atoms with Gasteiger partial charge in [0, 0.05) is 18.8 Å². The Hall–Kier alpha value is -2.95. The molecule has 0 saturated carbocycles. The van der Waals surface area contributed by atoms with Crippen molar-refractivity contribution in [2.45, 2.75) is 18.7 Å². The van der Waals surface area contributed by atoms with Crippen molar-refractivity contribution >= 4 is 27.6 Å². The number of morpholine rings is 1. The highest BCUT2D eigenvalue weighted by Crippen LogP contribution is 2.30. The molecule has 1 amide bonds. The molecule has 10 heteroatoms. The summed E-state index contributed by atoms with van der Waals surface area (Å²) in [5, 5.41) is 2.56. The third-order valence-electron chi connectivity index (χ3n) is 5.11. The van der Waals surface area contributed by atoms with Crippen LogP contribution in [0.3, 0.4) is 0 Å². The number of nitrogens with one attached hydrogen (secondary N) is 1. The first-order valence-electron chi connectivity index (χ1n) is 10.0. The van der Waals surface area contributed by atoms with Crippen molar-refractivity contribution in [3.05, 3.63) is 53.1 Å². The number of sulfonamides is 1. The van der Waals surface area contributed by atoms with Gasteiger partial charge in [-0.05, 0) is 55.3 Å². The first-order chi connectivity index (χ1) is 15.2. The quantitative estimate of drug-likeness (QED) is 0.628. The number of aryl methyl sites for hydroxylation is 2. The monoisotopic (exact) mass is 462 g/mol. The highest BCUT2D eigenvalue weighted by molar-refractivity contribution is 7.89. The Labute approximate surface area is 187 Å². The van der Waals surface area contributed by atoms with Gasteiger partial charge in [0.05, 0.1) is 25.9 Å². The highest BCUT2D eigenvalue weighted by Gasteiger charge is 2.29. The molecular weight excluding hydrogens is 436 g/mol. The predicted molar refractivity (Wildman–Crippen MR) is 117 cm³/mol. The van der Waals surface area contributed by atoms with Crippen LogP contribution in [0.15, 0.2) is 41.3 Å². The highest BCUT2D eigenvalue weighted by atomic mass is 32.2. The standard InChI is InChI=1S/C22H26N2O7S/c1-15-4-5-17(12-16(15)2)22(26)31-14-21(25)23-18-6-7-19(29-3)20(13-18)32(27,28)24-8-10-30-11-9-24/h4-7,12-13H,8-11,14H2,1-3H3,(H,23,25). The first kappa shape index (κ1) is 23.7. The second-order valence-corrected chi connectivity index (χ2v) is 9.21. The van der Waals surface area contributed by atoms with Crippen molar-refractivity contribution in [1.82, 2.24) is 4.31 Å². The largest absolute Gasteiger partial charge is 0.495 e. The van der Waals surface area contributed by atoms with Crippen LogP contribution >= 0.6 is 0 Å². The molecule has 1 saturated heterocycles. The van der Waals surface area contributed by atoms with Gasteiger partial charge in [0.2, 0.25) is 10.0 Å². The van der Waals surface area contributed by atoms with Crippen LogP contribution in [-0.2, 0) is 24.3 Å². The van der Waals surface area contributed by atoms with E-state index in [2.05, 4.69) is 5.32 Å². The number of hydrogen-bond donors (Lipinski definition) is 1. The van der Waals surface area contributed by atoms with Gasteiger partial charge in [-0.15, -0.1) is 0 Å². The van der Waals surface area contributed by atoms with Gasteiger partial charge in [-0.1, -0.05) is 6.07 Å². The number of ether oxygens (including phenoxy) is 3. The molecular formula is C22H26N2O7S. The van der Waals surface area contributed by atoms with Crippen molar-refractivity contribution in [2.24, 2.45) is 0 Å². The molecule has 2 aromatic rings. The Bertz CT molecular complexity index is 1110. The van der Waals surface area contributed by atoms with Gasteiger partial charge in [0.25, 0.3) is 5.91 Å². The molecule has 3 rings (SSSR count). The lowest BCUT2D eigenvalue weighted by Gasteiger charge is -2.26. The molecule has 0 aromatic heterocycles. The van der Waals surface area contributed by atoms with Gasteiger partial charge in [-0.3, -0.25) is 4.79 Å². The Morgan fingerprint density at radius 3 is 2.44 bits per heavy atom. The molecule has 1 aliphatic heterocycles. The normalized spacial score (nSPS) is 14.6. The molecule has 0 bridgehead atoms. The number of anilines is 1. The van der Waals surface area contributed by atoms with Crippen LogP contribution in [-0.4, -0.2) is 64.6 Å². The maximum Gasteiger partial charge on any atom is 0.338 e. The summed E-state index contributed by atoms with van der Waals surface area (Å²) in [6.07, 6.45) is 0. The minimum Gasteiger partial charge on any atom is -0.495 e. The summed E-state index contributed by atoms with van der Waals surface area (Å²) < 4.78 is 42.9. The van der Waals surface area contributed by atoms with Crippen LogP contribution in [0.2, 0.25) is 0 Å². The molecule has 0 radical (unpaired) electrons. The average molecular weight is 463 g/mol. The van der Waals surface area contributed by atoms with E-state index < -0.39 is 28.5 Å². The minimum absolute atomic E-state index is 0.0631. The lowest BCUT2D eigenvalue weighted by Crippen LogP contribution is -2.40. The Kier molecular flexibility index (Phi) is 7.49. The van der Waals surface area contributed by atoms with E-state index >= 15 is 0 Å². The minimum atomic E-state index is -3.84. The van der Waals surface area contributed by atoms with E-state index in [0.717, 1.165) is 11.1 Å². The number of nitrogens with zero attached hydrogens (tertiary/aromatic N) is 1. The fourth-order valence-corrected chi connectivity index (χ4v) is 4.75. The molecule has 0 aliphatic carbocycles. The third-order valence-corrected chi connectivity index (χ3v) is 7.03. The van der Waals surface area contributed by atoms with E-state index in [1.165, 1.54) is 29.6 Å². The summed E-state index contributed by atoms with van der Waals surface area (Å²) >= 11 is 0. The molecule has 1 fully saturated rings. The van der Waals surface area contributed by atoms with Gasteiger partial charge in [-0.25, -0.2) is 13.2 Å². The Morgan fingerprint density at radius 1 is 1.06 bits per heavy atom. The van der Waals surface area contributed by atoms with Gasteiger partial charge in [0.15, 0.2) is 6.61 Å². The zero-order chi connectivity index (χ0) is 23.3. The summed E-state index contributed by atoms with van der Waals surface area (Å²) in [4.78, 5) is 24.4. The number of methoxy groups -OCH3 is 1. The predicted octanol–water partition coefficient (Wildman–Crippen LogP) is 2.13. The van der Waals surface area contributed by atoms with Gasteiger partial charge < -0.3 is 19.5 Å². The van der Waals surface area contributed by atoms with Crippen LogP contribution in [0.1, 0.15) is 21.5 Å². The van der Waals surface area contributed by atoms with E-state index in [0.29, 0.717) is 18.8 Å². The van der Waals surface area contributed by atoms with E-state index in [9.17, 15) is 18.0 Å². The Balaban J connectivity index is 1.69. The number of carbonyl (C=O) groups excluding carboxylic acids is 2. The summed E-state index contributed by atoms with van der Waals surface area (Å²) in [5.74, 6) is -1.05. The zero-order valence-electron chi connectivity index (χ0n) is 18.2. The van der Waals surface area contributed by atoms with Crippen LogP contribution < -0.4 is 10.1 Å². The fraction of sp³-hybridized carbons (Fsp3) is 0.364. The molecule has 0 atom stereocenters.